The molecule has 0 N–H and O–H groups in total. The zero-order valence-electron chi connectivity index (χ0n) is 22.2. The SMILES string of the molecule is CCC1(CC)CCC(c2cc(N3CCC[C@@H](OC)C3)ccc2N2CCN(CC3CC3)CC2)CC1. The first-order chi connectivity index (χ1) is 16.6. The summed E-state index contributed by atoms with van der Waals surface area (Å²) in [6, 6.07) is 7.50. The van der Waals surface area contributed by atoms with Gasteiger partial charge in [-0.3, -0.25) is 4.90 Å². The summed E-state index contributed by atoms with van der Waals surface area (Å²) in [7, 11) is 1.88. The third-order valence-corrected chi connectivity index (χ3v) is 10.0. The Morgan fingerprint density at radius 2 is 1.62 bits per heavy atom. The fourth-order valence-electron chi connectivity index (χ4n) is 7.05. The minimum atomic E-state index is 0.376. The van der Waals surface area contributed by atoms with E-state index in [1.54, 1.807) is 11.3 Å². The van der Waals surface area contributed by atoms with Gasteiger partial charge in [0, 0.05) is 64.3 Å². The highest BCUT2D eigenvalue weighted by Crippen LogP contribution is 2.49. The van der Waals surface area contributed by atoms with Crippen molar-refractivity contribution in [1.29, 1.82) is 0 Å². The molecular formula is C30H49N3O. The number of nitrogens with zero attached hydrogens (tertiary/aromatic N) is 3. The molecule has 2 aliphatic heterocycles. The molecule has 0 unspecified atom stereocenters. The number of anilines is 2. The number of piperidine rings is 1. The zero-order valence-corrected chi connectivity index (χ0v) is 22.2. The summed E-state index contributed by atoms with van der Waals surface area (Å²) in [5.74, 6) is 1.72. The van der Waals surface area contributed by atoms with E-state index in [4.69, 9.17) is 4.74 Å². The van der Waals surface area contributed by atoms with Crippen molar-refractivity contribution in [2.75, 3.05) is 62.7 Å². The lowest BCUT2D eigenvalue weighted by Crippen LogP contribution is -2.47. The molecule has 0 aromatic heterocycles. The fourth-order valence-corrected chi connectivity index (χ4v) is 7.05. The molecule has 2 saturated heterocycles. The third-order valence-electron chi connectivity index (χ3n) is 10.0. The molecule has 0 bridgehead atoms. The van der Waals surface area contributed by atoms with E-state index in [0.29, 0.717) is 17.4 Å². The van der Waals surface area contributed by atoms with Gasteiger partial charge >= 0.3 is 0 Å². The molecule has 5 rings (SSSR count). The van der Waals surface area contributed by atoms with Crippen LogP contribution in [0, 0.1) is 11.3 Å². The fraction of sp³-hybridized carbons (Fsp3) is 0.800. The minimum Gasteiger partial charge on any atom is -0.380 e. The van der Waals surface area contributed by atoms with Gasteiger partial charge in [0.1, 0.15) is 0 Å². The Hall–Kier alpha value is -1.26. The molecule has 4 fully saturated rings. The van der Waals surface area contributed by atoms with Crippen molar-refractivity contribution in [3.63, 3.8) is 0 Å². The topological polar surface area (TPSA) is 19.0 Å². The Bertz CT molecular complexity index is 784. The molecule has 1 aromatic carbocycles. The van der Waals surface area contributed by atoms with Crippen molar-refractivity contribution in [2.45, 2.75) is 90.1 Å². The monoisotopic (exact) mass is 467 g/mol. The van der Waals surface area contributed by atoms with E-state index in [9.17, 15) is 0 Å². The molecule has 2 aliphatic carbocycles. The van der Waals surface area contributed by atoms with Crippen LogP contribution in [0.15, 0.2) is 18.2 Å². The highest BCUT2D eigenvalue weighted by molar-refractivity contribution is 5.64. The van der Waals surface area contributed by atoms with Crippen molar-refractivity contribution >= 4 is 11.4 Å². The van der Waals surface area contributed by atoms with Gasteiger partial charge in [-0.1, -0.05) is 26.7 Å². The maximum absolute atomic E-state index is 5.74. The maximum atomic E-state index is 5.74. The molecule has 1 atom stereocenters. The van der Waals surface area contributed by atoms with Crippen LogP contribution in [0.1, 0.15) is 89.5 Å². The van der Waals surface area contributed by atoms with E-state index >= 15 is 0 Å². The molecule has 0 amide bonds. The molecular weight excluding hydrogens is 418 g/mol. The highest BCUT2D eigenvalue weighted by Gasteiger charge is 2.35. The predicted molar refractivity (Wildman–Crippen MR) is 144 cm³/mol. The summed E-state index contributed by atoms with van der Waals surface area (Å²) in [6.07, 6.45) is 13.9. The number of piperazine rings is 1. The Labute approximate surface area is 209 Å². The Morgan fingerprint density at radius 3 is 2.26 bits per heavy atom. The Morgan fingerprint density at radius 1 is 0.882 bits per heavy atom. The summed E-state index contributed by atoms with van der Waals surface area (Å²) in [5, 5.41) is 0. The first kappa shape index (κ1) is 24.4. The molecule has 4 aliphatic rings. The van der Waals surface area contributed by atoms with Crippen LogP contribution < -0.4 is 9.80 Å². The number of ether oxygens (including phenoxy) is 1. The summed E-state index contributed by atoms with van der Waals surface area (Å²) in [4.78, 5) is 8.03. The lowest BCUT2D eigenvalue weighted by atomic mass is 9.66. The van der Waals surface area contributed by atoms with Crippen molar-refractivity contribution in [1.82, 2.24) is 4.90 Å². The second-order valence-electron chi connectivity index (χ2n) is 11.9. The van der Waals surface area contributed by atoms with Crippen LogP contribution in [-0.4, -0.2) is 63.9 Å². The summed E-state index contributed by atoms with van der Waals surface area (Å²) in [5.41, 5.74) is 5.21. The van der Waals surface area contributed by atoms with Crippen molar-refractivity contribution in [3.8, 4) is 0 Å². The smallest absolute Gasteiger partial charge is 0.0746 e. The molecule has 34 heavy (non-hydrogen) atoms. The van der Waals surface area contributed by atoms with Crippen molar-refractivity contribution < 1.29 is 4.74 Å². The molecule has 4 heteroatoms. The van der Waals surface area contributed by atoms with E-state index in [2.05, 4.69) is 46.7 Å². The Kier molecular flexibility index (Phi) is 7.75. The molecule has 4 nitrogen and oxygen atoms in total. The minimum absolute atomic E-state index is 0.376. The predicted octanol–water partition coefficient (Wildman–Crippen LogP) is 6.30. The van der Waals surface area contributed by atoms with Gasteiger partial charge in [0.25, 0.3) is 0 Å². The van der Waals surface area contributed by atoms with Gasteiger partial charge in [0.05, 0.1) is 6.10 Å². The highest BCUT2D eigenvalue weighted by atomic mass is 16.5. The second-order valence-corrected chi connectivity index (χ2v) is 11.9. The van der Waals surface area contributed by atoms with E-state index in [-0.39, 0.29) is 0 Å². The lowest BCUT2D eigenvalue weighted by molar-refractivity contribution is 0.0893. The number of hydrogen-bond acceptors (Lipinski definition) is 4. The van der Waals surface area contributed by atoms with Gasteiger partial charge in [0.2, 0.25) is 0 Å². The normalized spacial score (nSPS) is 26.7. The van der Waals surface area contributed by atoms with E-state index < -0.39 is 0 Å². The molecule has 2 heterocycles. The van der Waals surface area contributed by atoms with Crippen LogP contribution in [0.25, 0.3) is 0 Å². The standard InChI is InChI=1S/C30H49N3O/c1-4-30(5-2)14-12-25(13-15-30)28-21-26(33-16-6-7-27(23-33)34-3)10-11-29(28)32-19-17-31(18-20-32)22-24-8-9-24/h10-11,21,24-25,27H,4-9,12-20,22-23H2,1-3H3/t27-/m1/s1. The number of methoxy groups -OCH3 is 1. The molecule has 2 saturated carbocycles. The van der Waals surface area contributed by atoms with Gasteiger partial charge in [-0.25, -0.2) is 0 Å². The number of rotatable bonds is 8. The van der Waals surface area contributed by atoms with Crippen molar-refractivity contribution in [3.05, 3.63) is 23.8 Å². The van der Waals surface area contributed by atoms with Crippen LogP contribution in [0.4, 0.5) is 11.4 Å². The van der Waals surface area contributed by atoms with Crippen LogP contribution in [-0.2, 0) is 4.74 Å². The molecule has 190 valence electrons. The largest absolute Gasteiger partial charge is 0.380 e. The van der Waals surface area contributed by atoms with Gasteiger partial charge in [-0.15, -0.1) is 0 Å². The molecule has 0 radical (unpaired) electrons. The molecule has 1 aromatic rings. The number of benzene rings is 1. The summed E-state index contributed by atoms with van der Waals surface area (Å²) in [6.45, 7) is 13.2. The lowest BCUT2D eigenvalue weighted by Gasteiger charge is -2.42. The van der Waals surface area contributed by atoms with Gasteiger partial charge in [0.15, 0.2) is 0 Å². The van der Waals surface area contributed by atoms with Crippen molar-refractivity contribution in [2.24, 2.45) is 11.3 Å². The van der Waals surface area contributed by atoms with Crippen LogP contribution in [0.2, 0.25) is 0 Å². The van der Waals surface area contributed by atoms with Crippen LogP contribution in [0.3, 0.4) is 0 Å². The summed E-state index contributed by atoms with van der Waals surface area (Å²) >= 11 is 0. The number of hydrogen-bond donors (Lipinski definition) is 0. The third kappa shape index (κ3) is 5.43. The zero-order chi connectivity index (χ0) is 23.5. The summed E-state index contributed by atoms with van der Waals surface area (Å²) < 4.78 is 5.74. The second kappa shape index (κ2) is 10.8. The maximum Gasteiger partial charge on any atom is 0.0746 e. The van der Waals surface area contributed by atoms with Gasteiger partial charge in [-0.05, 0) is 92.4 Å². The first-order valence-electron chi connectivity index (χ1n) is 14.5. The molecule has 0 spiro atoms. The van der Waals surface area contributed by atoms with E-state index in [0.717, 1.165) is 19.0 Å². The van der Waals surface area contributed by atoms with Crippen LogP contribution >= 0.6 is 0 Å². The van der Waals surface area contributed by atoms with Crippen LogP contribution in [0.5, 0.6) is 0 Å². The van der Waals surface area contributed by atoms with Gasteiger partial charge < -0.3 is 14.5 Å². The van der Waals surface area contributed by atoms with E-state index in [1.165, 1.54) is 103 Å². The van der Waals surface area contributed by atoms with Gasteiger partial charge in [-0.2, -0.15) is 0 Å². The van der Waals surface area contributed by atoms with E-state index in [1.807, 2.05) is 7.11 Å². The Balaban J connectivity index is 1.35. The average molecular weight is 468 g/mol. The quantitative estimate of drug-likeness (QED) is 0.447. The average Bonchev–Trinajstić information content (AvgIpc) is 3.73. The first-order valence-corrected chi connectivity index (χ1v) is 14.5.